The van der Waals surface area contributed by atoms with Crippen LogP contribution in [0.3, 0.4) is 0 Å². The molecule has 28 heavy (non-hydrogen) atoms. The third kappa shape index (κ3) is 5.73. The molecule has 1 N–H and O–H groups in total. The van der Waals surface area contributed by atoms with Crippen molar-refractivity contribution >= 4 is 17.5 Å². The fourth-order valence-electron chi connectivity index (χ4n) is 2.52. The number of rotatable bonds is 7. The summed E-state index contributed by atoms with van der Waals surface area (Å²) < 4.78 is 43.9. The number of ether oxygens (including phenoxy) is 1. The van der Waals surface area contributed by atoms with Crippen LogP contribution in [-0.4, -0.2) is 36.9 Å². The van der Waals surface area contributed by atoms with Crippen LogP contribution in [0.1, 0.15) is 18.1 Å². The molecule has 0 heterocycles. The highest BCUT2D eigenvalue weighted by Crippen LogP contribution is 2.35. The summed E-state index contributed by atoms with van der Waals surface area (Å²) >= 11 is 0. The maximum absolute atomic E-state index is 12.9. The minimum absolute atomic E-state index is 0.249. The highest BCUT2D eigenvalue weighted by atomic mass is 19.4. The normalized spacial score (nSPS) is 11.0. The molecule has 0 aliphatic heterocycles. The zero-order chi connectivity index (χ0) is 20.7. The van der Waals surface area contributed by atoms with Crippen molar-refractivity contribution in [3.8, 4) is 5.75 Å². The van der Waals surface area contributed by atoms with Crippen LogP contribution in [0.4, 0.5) is 18.9 Å². The first-order chi connectivity index (χ1) is 13.2. The first kappa shape index (κ1) is 21.3. The van der Waals surface area contributed by atoms with Crippen LogP contribution >= 0.6 is 0 Å². The number of likely N-dealkylation sites (N-methyl/N-ethyl adjacent to an activating group) is 1. The summed E-state index contributed by atoms with van der Waals surface area (Å²) in [6.07, 6.45) is -3.85. The van der Waals surface area contributed by atoms with E-state index in [1.54, 1.807) is 12.1 Å². The molecule has 0 saturated heterocycles. The zero-order valence-electron chi connectivity index (χ0n) is 15.5. The first-order valence-electron chi connectivity index (χ1n) is 8.63. The van der Waals surface area contributed by atoms with E-state index < -0.39 is 35.9 Å². The molecule has 150 valence electrons. The first-order valence-corrected chi connectivity index (χ1v) is 8.63. The Labute approximate surface area is 161 Å². The lowest BCUT2D eigenvalue weighted by atomic mass is 10.1. The number of benzene rings is 2. The molecule has 0 saturated carbocycles. The molecule has 0 aliphatic carbocycles. The average Bonchev–Trinajstić information content (AvgIpc) is 2.65. The van der Waals surface area contributed by atoms with E-state index in [1.807, 2.05) is 19.1 Å². The molecule has 0 unspecified atom stereocenters. The van der Waals surface area contributed by atoms with Crippen LogP contribution in [0.15, 0.2) is 48.5 Å². The maximum Gasteiger partial charge on any atom is 0.419 e. The monoisotopic (exact) mass is 394 g/mol. The van der Waals surface area contributed by atoms with Gasteiger partial charge in [-0.2, -0.15) is 13.2 Å². The molecule has 0 spiro atoms. The van der Waals surface area contributed by atoms with Crippen LogP contribution in [0.25, 0.3) is 0 Å². The lowest BCUT2D eigenvalue weighted by Crippen LogP contribution is -2.37. The summed E-state index contributed by atoms with van der Waals surface area (Å²) in [6, 6.07) is 11.9. The van der Waals surface area contributed by atoms with Crippen molar-refractivity contribution in [1.29, 1.82) is 0 Å². The lowest BCUT2D eigenvalue weighted by molar-refractivity contribution is -0.141. The highest BCUT2D eigenvalue weighted by molar-refractivity contribution is 5.95. The van der Waals surface area contributed by atoms with Crippen molar-refractivity contribution < 1.29 is 27.5 Å². The summed E-state index contributed by atoms with van der Waals surface area (Å²) in [6.45, 7) is 1.10. The molecule has 0 bridgehead atoms. The fourth-order valence-corrected chi connectivity index (χ4v) is 2.52. The predicted molar refractivity (Wildman–Crippen MR) is 99.0 cm³/mol. The molecular formula is C20H21F3N2O3. The number of anilines is 1. The van der Waals surface area contributed by atoms with E-state index in [1.165, 1.54) is 19.2 Å². The van der Waals surface area contributed by atoms with E-state index in [0.717, 1.165) is 29.0 Å². The van der Waals surface area contributed by atoms with Crippen LogP contribution in [0, 0.1) is 0 Å². The molecule has 0 aromatic heterocycles. The van der Waals surface area contributed by atoms with Crippen LogP contribution in [-0.2, 0) is 22.2 Å². The Morgan fingerprint density at radius 1 is 1.07 bits per heavy atom. The van der Waals surface area contributed by atoms with Crippen molar-refractivity contribution in [2.45, 2.75) is 19.5 Å². The molecule has 0 radical (unpaired) electrons. The number of alkyl halides is 3. The molecular weight excluding hydrogens is 373 g/mol. The second-order valence-corrected chi connectivity index (χ2v) is 6.09. The Bertz CT molecular complexity index is 837. The van der Waals surface area contributed by atoms with Crippen molar-refractivity contribution in [1.82, 2.24) is 4.90 Å². The van der Waals surface area contributed by atoms with Gasteiger partial charge in [0.25, 0.3) is 5.91 Å². The van der Waals surface area contributed by atoms with E-state index in [9.17, 15) is 22.8 Å². The van der Waals surface area contributed by atoms with E-state index in [4.69, 9.17) is 4.74 Å². The van der Waals surface area contributed by atoms with E-state index in [-0.39, 0.29) is 6.54 Å². The fraction of sp³-hybridized carbons (Fsp3) is 0.300. The van der Waals surface area contributed by atoms with Crippen LogP contribution < -0.4 is 10.1 Å². The van der Waals surface area contributed by atoms with Gasteiger partial charge in [-0.3, -0.25) is 9.59 Å². The molecule has 2 rings (SSSR count). The van der Waals surface area contributed by atoms with Crippen molar-refractivity contribution in [2.75, 3.05) is 25.5 Å². The van der Waals surface area contributed by atoms with Gasteiger partial charge in [0.05, 0.1) is 12.1 Å². The average molecular weight is 394 g/mol. The Morgan fingerprint density at radius 3 is 2.39 bits per heavy atom. The summed E-state index contributed by atoms with van der Waals surface area (Å²) in [5.41, 5.74) is 0.655. The number of aryl methyl sites for hydroxylation is 1. The molecule has 0 fully saturated rings. The summed E-state index contributed by atoms with van der Waals surface area (Å²) in [5.74, 6) is -1.46. The molecule has 0 atom stereocenters. The van der Waals surface area contributed by atoms with Gasteiger partial charge in [0, 0.05) is 12.7 Å². The Kier molecular flexibility index (Phi) is 7.03. The quantitative estimate of drug-likeness (QED) is 0.778. The summed E-state index contributed by atoms with van der Waals surface area (Å²) in [4.78, 5) is 25.4. The third-order valence-electron chi connectivity index (χ3n) is 4.02. The van der Waals surface area contributed by atoms with Gasteiger partial charge in [-0.05, 0) is 30.2 Å². The number of nitrogens with one attached hydrogen (secondary N) is 1. The number of carbonyl (C=O) groups excluding carboxylic acids is 2. The number of para-hydroxylation sites is 2. The standard InChI is InChI=1S/C20H21F3N2O3/c1-3-14-8-4-6-10-16(14)24-18(26)12-25(2)19(27)13-28-17-11-7-5-9-15(17)20(21,22)23/h4-11H,3,12-13H2,1-2H3,(H,24,26). The van der Waals surface area contributed by atoms with Crippen molar-refractivity contribution in [3.05, 3.63) is 59.7 Å². The Balaban J connectivity index is 1.92. The minimum atomic E-state index is -4.59. The topological polar surface area (TPSA) is 58.6 Å². The molecule has 8 heteroatoms. The SMILES string of the molecule is CCc1ccccc1NC(=O)CN(C)C(=O)COc1ccccc1C(F)(F)F. The van der Waals surface area contributed by atoms with Gasteiger partial charge < -0.3 is 15.0 Å². The number of halogens is 3. The zero-order valence-corrected chi connectivity index (χ0v) is 15.5. The minimum Gasteiger partial charge on any atom is -0.483 e. The van der Waals surface area contributed by atoms with Gasteiger partial charge in [-0.1, -0.05) is 37.3 Å². The third-order valence-corrected chi connectivity index (χ3v) is 4.02. The van der Waals surface area contributed by atoms with Crippen LogP contribution in [0.5, 0.6) is 5.75 Å². The lowest BCUT2D eigenvalue weighted by Gasteiger charge is -2.19. The molecule has 5 nitrogen and oxygen atoms in total. The molecule has 2 aromatic rings. The van der Waals surface area contributed by atoms with Crippen molar-refractivity contribution in [2.24, 2.45) is 0 Å². The summed E-state index contributed by atoms with van der Waals surface area (Å²) in [5, 5.41) is 2.73. The van der Waals surface area contributed by atoms with Gasteiger partial charge in [0.1, 0.15) is 5.75 Å². The molecule has 2 aromatic carbocycles. The number of carbonyl (C=O) groups is 2. The van der Waals surface area contributed by atoms with E-state index >= 15 is 0 Å². The van der Waals surface area contributed by atoms with Gasteiger partial charge in [0.2, 0.25) is 5.91 Å². The highest BCUT2D eigenvalue weighted by Gasteiger charge is 2.34. The Morgan fingerprint density at radius 2 is 1.71 bits per heavy atom. The predicted octanol–water partition coefficient (Wildman–Crippen LogP) is 3.74. The number of nitrogens with zero attached hydrogens (tertiary/aromatic N) is 1. The van der Waals surface area contributed by atoms with Gasteiger partial charge in [-0.15, -0.1) is 0 Å². The number of hydrogen-bond donors (Lipinski definition) is 1. The summed E-state index contributed by atoms with van der Waals surface area (Å²) in [7, 11) is 1.38. The van der Waals surface area contributed by atoms with Gasteiger partial charge >= 0.3 is 6.18 Å². The maximum atomic E-state index is 12.9. The van der Waals surface area contributed by atoms with Gasteiger partial charge in [0.15, 0.2) is 6.61 Å². The van der Waals surface area contributed by atoms with E-state index in [2.05, 4.69) is 5.32 Å². The van der Waals surface area contributed by atoms with E-state index in [0.29, 0.717) is 5.69 Å². The smallest absolute Gasteiger partial charge is 0.419 e. The largest absolute Gasteiger partial charge is 0.483 e. The molecule has 0 aliphatic rings. The number of hydrogen-bond acceptors (Lipinski definition) is 3. The number of amides is 2. The van der Waals surface area contributed by atoms with Crippen molar-refractivity contribution in [3.63, 3.8) is 0 Å². The second-order valence-electron chi connectivity index (χ2n) is 6.09. The van der Waals surface area contributed by atoms with Crippen LogP contribution in [0.2, 0.25) is 0 Å². The Hall–Kier alpha value is -3.03. The molecule has 2 amide bonds. The van der Waals surface area contributed by atoms with Gasteiger partial charge in [-0.25, -0.2) is 0 Å². The second kappa shape index (κ2) is 9.25.